The van der Waals surface area contributed by atoms with Crippen LogP contribution in [-0.2, 0) is 51.8 Å². The van der Waals surface area contributed by atoms with E-state index in [2.05, 4.69) is 26.6 Å². The minimum absolute atomic E-state index is 0.527. The highest BCUT2D eigenvalue weighted by atomic mass is 28.4. The smallest absolute Gasteiger partial charge is 0.183 e. The molecule has 11 nitrogen and oxygen atoms in total. The topological polar surface area (TPSA) is 102 Å². The lowest BCUT2D eigenvalue weighted by molar-refractivity contribution is -0.0267. The van der Waals surface area contributed by atoms with Crippen molar-refractivity contribution in [2.24, 2.45) is 0 Å². The molecule has 0 spiro atoms. The Morgan fingerprint density at radius 1 is 0.308 bits per heavy atom. The first-order valence-electron chi connectivity index (χ1n) is 14.5. The van der Waals surface area contributed by atoms with Gasteiger partial charge in [-0.05, 0) is 26.1 Å². The van der Waals surface area contributed by atoms with Gasteiger partial charge in [0.25, 0.3) is 0 Å². The van der Waals surface area contributed by atoms with Crippen LogP contribution in [0, 0.1) is 0 Å². The van der Waals surface area contributed by atoms with Crippen molar-refractivity contribution in [2.45, 2.75) is 39.4 Å². The first kappa shape index (κ1) is 38.8. The zero-order chi connectivity index (χ0) is 28.5. The minimum atomic E-state index is -1.44. The molecule has 0 aromatic rings. The van der Waals surface area contributed by atoms with E-state index in [4.69, 9.17) is 51.8 Å². The first-order valence-corrected chi connectivity index (χ1v) is 17.9. The van der Waals surface area contributed by atoms with E-state index >= 15 is 0 Å². The van der Waals surface area contributed by atoms with Gasteiger partial charge >= 0.3 is 0 Å². The standard InChI is InChI=1S/C27H58O11Si/c1-5-6-7-28-8-9-29-10-11-30-12-13-31-14-15-32-16-17-33-18-19-34-20-21-35-22-23-36-24-25-37-26-27-38-39(2,3)4/h5-27H2,1-4H3. The second-order valence-corrected chi connectivity index (χ2v) is 14.0. The summed E-state index contributed by atoms with van der Waals surface area (Å²) in [5, 5.41) is 0. The number of rotatable bonds is 34. The van der Waals surface area contributed by atoms with Gasteiger partial charge in [0.1, 0.15) is 0 Å². The third-order valence-corrected chi connectivity index (χ3v) is 5.82. The summed E-state index contributed by atoms with van der Waals surface area (Å²) in [6.07, 6.45) is 2.25. The van der Waals surface area contributed by atoms with Crippen LogP contribution in [-0.4, -0.2) is 147 Å². The van der Waals surface area contributed by atoms with Crippen LogP contribution in [0.25, 0.3) is 0 Å². The molecule has 0 rings (SSSR count). The molecule has 0 aromatic carbocycles. The van der Waals surface area contributed by atoms with E-state index in [9.17, 15) is 0 Å². The van der Waals surface area contributed by atoms with Gasteiger partial charge < -0.3 is 51.8 Å². The molecule has 0 aliphatic rings. The fraction of sp³-hybridized carbons (Fsp3) is 1.00. The minimum Gasteiger partial charge on any atom is -0.415 e. The number of hydrogen-bond acceptors (Lipinski definition) is 11. The van der Waals surface area contributed by atoms with Gasteiger partial charge in [0, 0.05) is 6.61 Å². The SMILES string of the molecule is CCCCOCCOCCOCCOCCOCCOCCOCCOCCOCCOCCO[Si](C)(C)C. The van der Waals surface area contributed by atoms with Crippen LogP contribution in [0.3, 0.4) is 0 Å². The first-order chi connectivity index (χ1) is 19.1. The van der Waals surface area contributed by atoms with Crippen molar-refractivity contribution in [3.8, 4) is 0 Å². The van der Waals surface area contributed by atoms with Crippen LogP contribution in [0.5, 0.6) is 0 Å². The van der Waals surface area contributed by atoms with Crippen molar-refractivity contribution in [1.29, 1.82) is 0 Å². The molecule has 39 heavy (non-hydrogen) atoms. The van der Waals surface area contributed by atoms with Gasteiger partial charge in [-0.2, -0.15) is 0 Å². The third kappa shape index (κ3) is 37.8. The van der Waals surface area contributed by atoms with Crippen molar-refractivity contribution in [1.82, 2.24) is 0 Å². The van der Waals surface area contributed by atoms with Gasteiger partial charge in [0.2, 0.25) is 0 Å². The Hall–Kier alpha value is -0.223. The van der Waals surface area contributed by atoms with Crippen LogP contribution < -0.4 is 0 Å². The summed E-state index contributed by atoms with van der Waals surface area (Å²) in [4.78, 5) is 0. The van der Waals surface area contributed by atoms with Crippen molar-refractivity contribution >= 4 is 8.32 Å². The molecule has 0 N–H and O–H groups in total. The van der Waals surface area contributed by atoms with E-state index in [1.165, 1.54) is 0 Å². The third-order valence-electron chi connectivity index (χ3n) is 4.75. The molecule has 0 saturated carbocycles. The Labute approximate surface area is 238 Å². The van der Waals surface area contributed by atoms with E-state index in [1.807, 2.05) is 0 Å². The van der Waals surface area contributed by atoms with Gasteiger partial charge in [0.15, 0.2) is 8.32 Å². The van der Waals surface area contributed by atoms with Crippen molar-refractivity contribution < 1.29 is 51.8 Å². The Balaban J connectivity index is 3.04. The van der Waals surface area contributed by atoms with Crippen LogP contribution in [0.2, 0.25) is 19.6 Å². The molecular formula is C27H58O11Si. The monoisotopic (exact) mass is 586 g/mol. The van der Waals surface area contributed by atoms with E-state index in [0.29, 0.717) is 132 Å². The molecule has 12 heteroatoms. The zero-order valence-corrected chi connectivity index (χ0v) is 26.3. The highest BCUT2D eigenvalue weighted by molar-refractivity contribution is 6.69. The van der Waals surface area contributed by atoms with Crippen LogP contribution in [0.15, 0.2) is 0 Å². The van der Waals surface area contributed by atoms with Crippen LogP contribution in [0.1, 0.15) is 19.8 Å². The summed E-state index contributed by atoms with van der Waals surface area (Å²) in [6, 6.07) is 0. The van der Waals surface area contributed by atoms with E-state index in [0.717, 1.165) is 19.4 Å². The summed E-state index contributed by atoms with van der Waals surface area (Å²) in [7, 11) is -1.44. The molecule has 0 aromatic heterocycles. The molecule has 0 saturated heterocycles. The average Bonchev–Trinajstić information content (AvgIpc) is 2.90. The summed E-state index contributed by atoms with van der Waals surface area (Å²) in [5.41, 5.74) is 0. The maximum Gasteiger partial charge on any atom is 0.183 e. The molecule has 236 valence electrons. The largest absolute Gasteiger partial charge is 0.415 e. The predicted octanol–water partition coefficient (Wildman–Crippen LogP) is 2.80. The Morgan fingerprint density at radius 2 is 0.513 bits per heavy atom. The van der Waals surface area contributed by atoms with Gasteiger partial charge in [-0.3, -0.25) is 0 Å². The van der Waals surface area contributed by atoms with E-state index in [1.54, 1.807) is 0 Å². The molecular weight excluding hydrogens is 528 g/mol. The molecule has 0 atom stereocenters. The predicted molar refractivity (Wildman–Crippen MR) is 152 cm³/mol. The molecule has 0 fully saturated rings. The maximum atomic E-state index is 5.71. The van der Waals surface area contributed by atoms with Crippen molar-refractivity contribution in [3.63, 3.8) is 0 Å². The van der Waals surface area contributed by atoms with Gasteiger partial charge in [-0.25, -0.2) is 0 Å². The Kier molecular flexibility index (Phi) is 32.1. The molecule has 0 aliphatic carbocycles. The lowest BCUT2D eigenvalue weighted by Crippen LogP contribution is -2.27. The van der Waals surface area contributed by atoms with Gasteiger partial charge in [-0.1, -0.05) is 13.3 Å². The molecule has 0 radical (unpaired) electrons. The van der Waals surface area contributed by atoms with Crippen molar-refractivity contribution in [3.05, 3.63) is 0 Å². The molecule has 0 unspecified atom stereocenters. The summed E-state index contributed by atoms with van der Waals surface area (Å²) in [5.74, 6) is 0. The summed E-state index contributed by atoms with van der Waals surface area (Å²) >= 11 is 0. The van der Waals surface area contributed by atoms with Crippen LogP contribution in [0.4, 0.5) is 0 Å². The second-order valence-electron chi connectivity index (χ2n) is 9.44. The Morgan fingerprint density at radius 3 is 0.718 bits per heavy atom. The summed E-state index contributed by atoms with van der Waals surface area (Å²) in [6.45, 7) is 20.6. The summed E-state index contributed by atoms with van der Waals surface area (Å²) < 4.78 is 60.3. The lowest BCUT2D eigenvalue weighted by atomic mass is 10.4. The quantitative estimate of drug-likeness (QED) is 0.0822. The van der Waals surface area contributed by atoms with E-state index in [-0.39, 0.29) is 0 Å². The number of unbranched alkanes of at least 4 members (excludes halogenated alkanes) is 1. The average molecular weight is 587 g/mol. The Bertz CT molecular complexity index is 456. The molecule has 0 aliphatic heterocycles. The van der Waals surface area contributed by atoms with Gasteiger partial charge in [-0.15, -0.1) is 0 Å². The van der Waals surface area contributed by atoms with Gasteiger partial charge in [0.05, 0.1) is 132 Å². The maximum absolute atomic E-state index is 5.71. The number of hydrogen-bond donors (Lipinski definition) is 0. The molecule has 0 heterocycles. The lowest BCUT2D eigenvalue weighted by Gasteiger charge is -2.16. The van der Waals surface area contributed by atoms with Crippen LogP contribution >= 0.6 is 0 Å². The van der Waals surface area contributed by atoms with E-state index < -0.39 is 8.32 Å². The normalized spacial score (nSPS) is 12.0. The zero-order valence-electron chi connectivity index (χ0n) is 25.3. The highest BCUT2D eigenvalue weighted by Crippen LogP contribution is 2.01. The second kappa shape index (κ2) is 32.3. The number of ether oxygens (including phenoxy) is 10. The molecule has 0 bridgehead atoms. The molecule has 0 amide bonds. The highest BCUT2D eigenvalue weighted by Gasteiger charge is 2.13. The van der Waals surface area contributed by atoms with Crippen molar-refractivity contribution in [2.75, 3.05) is 139 Å². The fourth-order valence-corrected chi connectivity index (χ4v) is 3.43. The fourth-order valence-electron chi connectivity index (χ4n) is 2.73.